The smallest absolute Gasteiger partial charge is 0.321 e. The Morgan fingerprint density at radius 2 is 1.95 bits per heavy atom. The zero-order valence-electron chi connectivity index (χ0n) is 12.9. The number of benzene rings is 1. The van der Waals surface area contributed by atoms with Crippen LogP contribution in [0.4, 0.5) is 10.5 Å². The summed E-state index contributed by atoms with van der Waals surface area (Å²) in [6.45, 7) is 9.58. The van der Waals surface area contributed by atoms with Gasteiger partial charge in [0.25, 0.3) is 0 Å². The second kappa shape index (κ2) is 7.29. The van der Waals surface area contributed by atoms with Crippen LogP contribution in [0.1, 0.15) is 32.8 Å². The average Bonchev–Trinajstić information content (AvgIpc) is 2.36. The Balaban J connectivity index is 2.75. The van der Waals surface area contributed by atoms with Crippen LogP contribution in [0.15, 0.2) is 24.3 Å². The number of carbonyl (C=O) groups excluding carboxylic acids is 1. The van der Waals surface area contributed by atoms with E-state index >= 15 is 0 Å². The number of aliphatic hydroxyl groups excluding tert-OH is 1. The minimum Gasteiger partial charge on any atom is -0.396 e. The van der Waals surface area contributed by atoms with Crippen LogP contribution in [0.2, 0.25) is 0 Å². The molecule has 0 atom stereocenters. The number of para-hydroxylation sites is 1. The zero-order chi connectivity index (χ0) is 15.2. The molecule has 0 radical (unpaired) electrons. The van der Waals surface area contributed by atoms with E-state index in [4.69, 9.17) is 5.11 Å². The summed E-state index contributed by atoms with van der Waals surface area (Å²) in [5.74, 6) is 0. The van der Waals surface area contributed by atoms with E-state index in [-0.39, 0.29) is 18.1 Å². The zero-order valence-corrected chi connectivity index (χ0v) is 12.9. The van der Waals surface area contributed by atoms with Gasteiger partial charge >= 0.3 is 6.03 Å². The molecule has 0 spiro atoms. The predicted molar refractivity (Wildman–Crippen MR) is 82.9 cm³/mol. The Morgan fingerprint density at radius 1 is 1.30 bits per heavy atom. The number of amides is 2. The maximum atomic E-state index is 12.4. The van der Waals surface area contributed by atoms with E-state index in [1.807, 2.05) is 31.2 Å². The average molecular weight is 278 g/mol. The number of urea groups is 1. The predicted octanol–water partition coefficient (Wildman–Crippen LogP) is 3.26. The summed E-state index contributed by atoms with van der Waals surface area (Å²) in [6, 6.07) is 7.61. The number of aryl methyl sites for hydroxylation is 1. The van der Waals surface area contributed by atoms with Gasteiger partial charge in [0.05, 0.1) is 0 Å². The van der Waals surface area contributed by atoms with Gasteiger partial charge in [0, 0.05) is 25.4 Å². The van der Waals surface area contributed by atoms with Gasteiger partial charge in [-0.05, 0) is 30.4 Å². The Labute approximate surface area is 121 Å². The quantitative estimate of drug-likeness (QED) is 0.868. The van der Waals surface area contributed by atoms with Gasteiger partial charge < -0.3 is 15.3 Å². The van der Waals surface area contributed by atoms with Gasteiger partial charge in [-0.15, -0.1) is 0 Å². The van der Waals surface area contributed by atoms with Crippen LogP contribution in [-0.2, 0) is 0 Å². The summed E-state index contributed by atoms with van der Waals surface area (Å²) in [7, 11) is 0. The van der Waals surface area contributed by atoms with E-state index in [2.05, 4.69) is 26.1 Å². The molecule has 0 fully saturated rings. The third-order valence-corrected chi connectivity index (χ3v) is 2.93. The van der Waals surface area contributed by atoms with Gasteiger partial charge in [-0.1, -0.05) is 39.0 Å². The molecular formula is C16H26N2O2. The summed E-state index contributed by atoms with van der Waals surface area (Å²) in [5, 5.41) is 11.9. The molecule has 2 N–H and O–H groups in total. The fourth-order valence-electron chi connectivity index (χ4n) is 1.99. The molecule has 1 rings (SSSR count). The number of nitrogens with zero attached hydrogens (tertiary/aromatic N) is 1. The van der Waals surface area contributed by atoms with Gasteiger partial charge in [-0.25, -0.2) is 4.79 Å². The van der Waals surface area contributed by atoms with Gasteiger partial charge in [0.2, 0.25) is 0 Å². The SMILES string of the molecule is Cc1ccccc1NC(=O)N(CCCO)CC(C)(C)C. The molecule has 4 heteroatoms. The lowest BCUT2D eigenvalue weighted by molar-refractivity contribution is 0.176. The maximum absolute atomic E-state index is 12.4. The number of rotatable bonds is 5. The first-order chi connectivity index (χ1) is 9.33. The van der Waals surface area contributed by atoms with Crippen LogP contribution in [0.5, 0.6) is 0 Å². The number of hydrogen-bond donors (Lipinski definition) is 2. The molecule has 0 aromatic heterocycles. The molecule has 0 saturated carbocycles. The molecule has 4 nitrogen and oxygen atoms in total. The van der Waals surface area contributed by atoms with Crippen LogP contribution < -0.4 is 5.32 Å². The Kier molecular flexibility index (Phi) is 6.02. The number of hydrogen-bond acceptors (Lipinski definition) is 2. The Hall–Kier alpha value is -1.55. The molecule has 1 aromatic carbocycles. The molecule has 0 aliphatic heterocycles. The van der Waals surface area contributed by atoms with Crippen molar-refractivity contribution >= 4 is 11.7 Å². The van der Waals surface area contributed by atoms with E-state index in [1.54, 1.807) is 4.90 Å². The topological polar surface area (TPSA) is 52.6 Å². The highest BCUT2D eigenvalue weighted by Crippen LogP contribution is 2.18. The number of anilines is 1. The number of carbonyl (C=O) groups is 1. The summed E-state index contributed by atoms with van der Waals surface area (Å²) < 4.78 is 0. The molecule has 0 bridgehead atoms. The van der Waals surface area contributed by atoms with Crippen LogP contribution in [-0.4, -0.2) is 35.7 Å². The van der Waals surface area contributed by atoms with Gasteiger partial charge in [0.15, 0.2) is 0 Å². The molecule has 0 heterocycles. The molecule has 0 aliphatic rings. The van der Waals surface area contributed by atoms with Crippen LogP contribution in [0.3, 0.4) is 0 Å². The van der Waals surface area contributed by atoms with Crippen molar-refractivity contribution in [3.63, 3.8) is 0 Å². The lowest BCUT2D eigenvalue weighted by atomic mass is 9.96. The largest absolute Gasteiger partial charge is 0.396 e. The highest BCUT2D eigenvalue weighted by atomic mass is 16.3. The van der Waals surface area contributed by atoms with Crippen molar-refractivity contribution < 1.29 is 9.90 Å². The first kappa shape index (κ1) is 16.5. The molecule has 2 amide bonds. The monoisotopic (exact) mass is 278 g/mol. The van der Waals surface area contributed by atoms with Crippen molar-refractivity contribution in [2.45, 2.75) is 34.1 Å². The number of aliphatic hydroxyl groups is 1. The van der Waals surface area contributed by atoms with Gasteiger partial charge in [-0.2, -0.15) is 0 Å². The van der Waals surface area contributed by atoms with E-state index in [1.165, 1.54) is 0 Å². The van der Waals surface area contributed by atoms with Crippen molar-refractivity contribution in [2.24, 2.45) is 5.41 Å². The van der Waals surface area contributed by atoms with E-state index in [0.29, 0.717) is 19.5 Å². The van der Waals surface area contributed by atoms with Crippen molar-refractivity contribution in [1.82, 2.24) is 4.90 Å². The second-order valence-corrected chi connectivity index (χ2v) is 6.30. The maximum Gasteiger partial charge on any atom is 0.321 e. The summed E-state index contributed by atoms with van der Waals surface area (Å²) in [4.78, 5) is 14.1. The van der Waals surface area contributed by atoms with E-state index in [0.717, 1.165) is 11.3 Å². The van der Waals surface area contributed by atoms with E-state index in [9.17, 15) is 4.79 Å². The van der Waals surface area contributed by atoms with Crippen molar-refractivity contribution in [3.05, 3.63) is 29.8 Å². The normalized spacial score (nSPS) is 11.2. The molecule has 1 aromatic rings. The molecule has 20 heavy (non-hydrogen) atoms. The van der Waals surface area contributed by atoms with Crippen LogP contribution in [0.25, 0.3) is 0 Å². The lowest BCUT2D eigenvalue weighted by Crippen LogP contribution is -2.41. The molecule has 0 aliphatic carbocycles. The third-order valence-electron chi connectivity index (χ3n) is 2.93. The minimum atomic E-state index is -0.109. The fourth-order valence-corrected chi connectivity index (χ4v) is 1.99. The first-order valence-corrected chi connectivity index (χ1v) is 7.06. The number of nitrogens with one attached hydrogen (secondary N) is 1. The van der Waals surface area contributed by atoms with Crippen molar-refractivity contribution in [2.75, 3.05) is 25.0 Å². The Bertz CT molecular complexity index is 438. The Morgan fingerprint density at radius 3 is 2.50 bits per heavy atom. The van der Waals surface area contributed by atoms with Gasteiger partial charge in [0.1, 0.15) is 0 Å². The first-order valence-electron chi connectivity index (χ1n) is 7.06. The third kappa shape index (κ3) is 5.61. The standard InChI is InChI=1S/C16H26N2O2/c1-13-8-5-6-9-14(13)17-15(20)18(10-7-11-19)12-16(2,3)4/h5-6,8-9,19H,7,10-12H2,1-4H3,(H,17,20). The van der Waals surface area contributed by atoms with Gasteiger partial charge in [-0.3, -0.25) is 0 Å². The molecule has 0 unspecified atom stereocenters. The van der Waals surface area contributed by atoms with Crippen molar-refractivity contribution in [1.29, 1.82) is 0 Å². The molecule has 112 valence electrons. The van der Waals surface area contributed by atoms with Crippen LogP contribution >= 0.6 is 0 Å². The fraction of sp³-hybridized carbons (Fsp3) is 0.562. The highest BCUT2D eigenvalue weighted by molar-refractivity contribution is 5.90. The summed E-state index contributed by atoms with van der Waals surface area (Å²) in [6.07, 6.45) is 0.595. The second-order valence-electron chi connectivity index (χ2n) is 6.30. The molecule has 0 saturated heterocycles. The summed E-state index contributed by atoms with van der Waals surface area (Å²) >= 11 is 0. The molecular weight excluding hydrogens is 252 g/mol. The summed E-state index contributed by atoms with van der Waals surface area (Å²) in [5.41, 5.74) is 1.90. The van der Waals surface area contributed by atoms with Crippen LogP contribution in [0, 0.1) is 12.3 Å². The highest BCUT2D eigenvalue weighted by Gasteiger charge is 2.21. The minimum absolute atomic E-state index is 0.0263. The van der Waals surface area contributed by atoms with E-state index < -0.39 is 0 Å². The lowest BCUT2D eigenvalue weighted by Gasteiger charge is -2.30. The van der Waals surface area contributed by atoms with Crippen molar-refractivity contribution in [3.8, 4) is 0 Å².